The molecule has 2 aliphatic rings. The van der Waals surface area contributed by atoms with Gasteiger partial charge in [0.25, 0.3) is 0 Å². The van der Waals surface area contributed by atoms with Gasteiger partial charge in [-0.15, -0.1) is 0 Å². The molecule has 2 N–H and O–H groups in total. The fourth-order valence-corrected chi connectivity index (χ4v) is 3.71. The summed E-state index contributed by atoms with van der Waals surface area (Å²) >= 11 is 0. The summed E-state index contributed by atoms with van der Waals surface area (Å²) in [6.07, 6.45) is 9.18. The summed E-state index contributed by atoms with van der Waals surface area (Å²) in [4.78, 5) is 11.8. The Labute approximate surface area is 128 Å². The molecule has 1 unspecified atom stereocenters. The van der Waals surface area contributed by atoms with Gasteiger partial charge in [0.15, 0.2) is 0 Å². The zero-order valence-corrected chi connectivity index (χ0v) is 13.4. The molecule has 1 amide bonds. The molecule has 1 saturated carbocycles. The number of nitrogens with one attached hydrogen (secondary N) is 2. The van der Waals surface area contributed by atoms with Crippen LogP contribution in [-0.4, -0.2) is 36.7 Å². The van der Waals surface area contributed by atoms with Crippen molar-refractivity contribution < 1.29 is 9.53 Å². The minimum absolute atomic E-state index is 0.0565. The Balaban J connectivity index is 2.06. The van der Waals surface area contributed by atoms with Crippen molar-refractivity contribution in [3.8, 4) is 0 Å². The van der Waals surface area contributed by atoms with Gasteiger partial charge >= 0.3 is 0 Å². The third kappa shape index (κ3) is 4.55. The fraction of sp³-hybridized carbons (Fsp3) is 0.824. The Morgan fingerprint density at radius 2 is 1.90 bits per heavy atom. The summed E-state index contributed by atoms with van der Waals surface area (Å²) in [5, 5.41) is 6.64. The summed E-state index contributed by atoms with van der Waals surface area (Å²) < 4.78 is 6.11. The van der Waals surface area contributed by atoms with Crippen LogP contribution in [0, 0.1) is 5.92 Å². The van der Waals surface area contributed by atoms with Crippen molar-refractivity contribution >= 4 is 5.91 Å². The lowest BCUT2D eigenvalue weighted by Gasteiger charge is -2.30. The highest BCUT2D eigenvalue weighted by Crippen LogP contribution is 2.32. The van der Waals surface area contributed by atoms with E-state index in [-0.39, 0.29) is 24.1 Å². The van der Waals surface area contributed by atoms with Crippen molar-refractivity contribution in [3.63, 3.8) is 0 Å². The predicted molar refractivity (Wildman–Crippen MR) is 85.1 cm³/mol. The van der Waals surface area contributed by atoms with Crippen LogP contribution < -0.4 is 10.6 Å². The van der Waals surface area contributed by atoms with Gasteiger partial charge in [-0.1, -0.05) is 46.1 Å². The Morgan fingerprint density at radius 3 is 2.48 bits per heavy atom. The maximum absolute atomic E-state index is 11.8. The van der Waals surface area contributed by atoms with Crippen LogP contribution in [0.1, 0.15) is 52.4 Å². The van der Waals surface area contributed by atoms with Crippen LogP contribution in [0.15, 0.2) is 12.7 Å². The lowest BCUT2D eigenvalue weighted by Crippen LogP contribution is -2.54. The number of carbonyl (C=O) groups is 1. The van der Waals surface area contributed by atoms with Gasteiger partial charge < -0.3 is 15.4 Å². The molecule has 21 heavy (non-hydrogen) atoms. The number of amides is 1. The zero-order chi connectivity index (χ0) is 15.2. The van der Waals surface area contributed by atoms with Crippen LogP contribution in [0.25, 0.3) is 0 Å². The van der Waals surface area contributed by atoms with Gasteiger partial charge in [-0.2, -0.15) is 0 Å². The van der Waals surface area contributed by atoms with Crippen LogP contribution in [0.3, 0.4) is 0 Å². The van der Waals surface area contributed by atoms with Crippen molar-refractivity contribution in [2.24, 2.45) is 5.92 Å². The Kier molecular flexibility index (Phi) is 6.24. The number of hydrogen-bond acceptors (Lipinski definition) is 3. The van der Waals surface area contributed by atoms with E-state index >= 15 is 0 Å². The second-order valence-electron chi connectivity index (χ2n) is 6.72. The molecule has 4 nitrogen and oxygen atoms in total. The van der Waals surface area contributed by atoms with Gasteiger partial charge in [0.2, 0.25) is 5.91 Å². The Bertz CT molecular complexity index is 349. The van der Waals surface area contributed by atoms with Crippen LogP contribution in [0.5, 0.6) is 0 Å². The topological polar surface area (TPSA) is 50.4 Å². The molecule has 1 aliphatic carbocycles. The molecule has 1 saturated heterocycles. The molecule has 120 valence electrons. The van der Waals surface area contributed by atoms with Crippen LogP contribution in [0.2, 0.25) is 0 Å². The van der Waals surface area contributed by atoms with Gasteiger partial charge in [-0.05, 0) is 24.8 Å². The maximum Gasteiger partial charge on any atom is 0.243 e. The molecule has 0 radical (unpaired) electrons. The quantitative estimate of drug-likeness (QED) is 0.605. The van der Waals surface area contributed by atoms with E-state index < -0.39 is 0 Å². The third-order valence-electron chi connectivity index (χ3n) is 4.66. The minimum Gasteiger partial charge on any atom is -0.374 e. The highest BCUT2D eigenvalue weighted by molar-refractivity contribution is 5.87. The van der Waals surface area contributed by atoms with E-state index in [0.29, 0.717) is 18.6 Å². The maximum atomic E-state index is 11.8. The monoisotopic (exact) mass is 294 g/mol. The average molecular weight is 294 g/mol. The van der Waals surface area contributed by atoms with E-state index in [4.69, 9.17) is 4.74 Å². The lowest BCUT2D eigenvalue weighted by molar-refractivity contribution is -0.117. The first-order valence-electron chi connectivity index (χ1n) is 8.42. The molecule has 0 aromatic carbocycles. The number of rotatable bonds is 5. The molecule has 1 heterocycles. The molecule has 3 atom stereocenters. The normalized spacial score (nSPS) is 31.1. The summed E-state index contributed by atoms with van der Waals surface area (Å²) in [7, 11) is 0. The molecule has 2 rings (SSSR count). The molecule has 0 bridgehead atoms. The molecular weight excluding hydrogens is 264 g/mol. The van der Waals surface area contributed by atoms with E-state index in [1.165, 1.54) is 44.6 Å². The minimum atomic E-state index is -0.0975. The molecule has 0 aromatic rings. The van der Waals surface area contributed by atoms with Crippen molar-refractivity contribution in [1.82, 2.24) is 10.6 Å². The molecule has 4 heteroatoms. The molecule has 0 aromatic heterocycles. The number of carbonyl (C=O) groups excluding carboxylic acids is 1. The molecule has 2 fully saturated rings. The third-order valence-corrected chi connectivity index (χ3v) is 4.66. The molecule has 1 aliphatic heterocycles. The SMILES string of the molecule is C=CC(=O)N[C@H]1C(C2CCCCCC2)OC[C@H]1NC(C)C. The van der Waals surface area contributed by atoms with E-state index in [0.717, 1.165) is 0 Å². The standard InChI is InChI=1S/C17H30N2O2/c1-4-15(20)19-16-14(18-12(2)3)11-21-17(16)13-9-7-5-6-8-10-13/h4,12-14,16-18H,1,5-11H2,2-3H3,(H,19,20)/t14-,16-,17?/m1/s1. The number of ether oxygens (including phenoxy) is 1. The molecular formula is C17H30N2O2. The van der Waals surface area contributed by atoms with Crippen molar-refractivity contribution in [3.05, 3.63) is 12.7 Å². The zero-order valence-electron chi connectivity index (χ0n) is 13.4. The van der Waals surface area contributed by atoms with E-state index in [1.54, 1.807) is 0 Å². The Hall–Kier alpha value is -0.870. The largest absolute Gasteiger partial charge is 0.374 e. The Morgan fingerprint density at radius 1 is 1.24 bits per heavy atom. The van der Waals surface area contributed by atoms with Crippen LogP contribution >= 0.6 is 0 Å². The second kappa shape index (κ2) is 7.95. The van der Waals surface area contributed by atoms with Gasteiger partial charge in [-0.3, -0.25) is 4.79 Å². The number of hydrogen-bond donors (Lipinski definition) is 2. The van der Waals surface area contributed by atoms with E-state index in [9.17, 15) is 4.79 Å². The van der Waals surface area contributed by atoms with Gasteiger partial charge in [0, 0.05) is 6.04 Å². The van der Waals surface area contributed by atoms with Gasteiger partial charge in [0.05, 0.1) is 24.8 Å². The van der Waals surface area contributed by atoms with Crippen molar-refractivity contribution in [2.75, 3.05) is 6.61 Å². The average Bonchev–Trinajstić information content (AvgIpc) is 2.68. The second-order valence-corrected chi connectivity index (χ2v) is 6.72. The highest BCUT2D eigenvalue weighted by Gasteiger charge is 2.42. The van der Waals surface area contributed by atoms with Crippen molar-refractivity contribution in [2.45, 2.75) is 76.6 Å². The van der Waals surface area contributed by atoms with Crippen LogP contribution in [0.4, 0.5) is 0 Å². The summed E-state index contributed by atoms with van der Waals surface area (Å²) in [6, 6.07) is 0.637. The summed E-state index contributed by atoms with van der Waals surface area (Å²) in [6.45, 7) is 8.51. The van der Waals surface area contributed by atoms with Crippen molar-refractivity contribution in [1.29, 1.82) is 0 Å². The lowest BCUT2D eigenvalue weighted by atomic mass is 9.88. The first-order valence-corrected chi connectivity index (χ1v) is 8.42. The predicted octanol–water partition coefficient (Wildman–Crippen LogP) is 2.39. The summed E-state index contributed by atoms with van der Waals surface area (Å²) in [5.41, 5.74) is 0. The van der Waals surface area contributed by atoms with E-state index in [1.807, 2.05) is 0 Å². The highest BCUT2D eigenvalue weighted by atomic mass is 16.5. The van der Waals surface area contributed by atoms with Gasteiger partial charge in [-0.25, -0.2) is 0 Å². The van der Waals surface area contributed by atoms with Crippen LogP contribution in [-0.2, 0) is 9.53 Å². The first kappa shape index (κ1) is 16.5. The first-order chi connectivity index (χ1) is 10.1. The smallest absolute Gasteiger partial charge is 0.243 e. The van der Waals surface area contributed by atoms with E-state index in [2.05, 4.69) is 31.1 Å². The van der Waals surface area contributed by atoms with Gasteiger partial charge in [0.1, 0.15) is 0 Å². The molecule has 0 spiro atoms. The summed E-state index contributed by atoms with van der Waals surface area (Å²) in [5.74, 6) is 0.473. The fourth-order valence-electron chi connectivity index (χ4n) is 3.71.